The molecule has 1 aliphatic rings. The summed E-state index contributed by atoms with van der Waals surface area (Å²) in [6, 6.07) is 14.1. The lowest BCUT2D eigenvalue weighted by Crippen LogP contribution is -2.36. The molecule has 0 saturated heterocycles. The van der Waals surface area contributed by atoms with Gasteiger partial charge in [-0.2, -0.15) is 0 Å². The number of carbonyl (C=O) groups is 3. The molecule has 0 aromatic heterocycles. The van der Waals surface area contributed by atoms with Crippen molar-refractivity contribution in [1.29, 1.82) is 0 Å². The van der Waals surface area contributed by atoms with Crippen LogP contribution in [-0.2, 0) is 14.3 Å². The third-order valence-corrected chi connectivity index (χ3v) is 4.73. The van der Waals surface area contributed by atoms with E-state index in [0.717, 1.165) is 12.8 Å². The van der Waals surface area contributed by atoms with Gasteiger partial charge in [-0.3, -0.25) is 9.59 Å². The maximum atomic E-state index is 12.6. The molecule has 29 heavy (non-hydrogen) atoms. The standard InChI is InChI=1S/C21H22ClN3O4/c22-15-8-6-13(7-9-15)17(25-21(23)28)12-18(26)29-19(14-4-2-1-3-5-14)20(27)24-16-10-11-16/h1-9,16-17,19H,10-12H2,(H,24,27)(H3,23,25,28)/t17-,19+/m0/s1. The number of carbonyl (C=O) groups excluding carboxylic acids is 3. The quantitative estimate of drug-likeness (QED) is 0.575. The summed E-state index contributed by atoms with van der Waals surface area (Å²) in [6.07, 6.45) is 0.582. The molecule has 7 nitrogen and oxygen atoms in total. The molecule has 0 radical (unpaired) electrons. The van der Waals surface area contributed by atoms with Crippen molar-refractivity contribution in [2.45, 2.75) is 37.5 Å². The van der Waals surface area contributed by atoms with E-state index in [-0.39, 0.29) is 18.4 Å². The minimum Gasteiger partial charge on any atom is -0.447 e. The molecule has 1 saturated carbocycles. The molecule has 1 fully saturated rings. The molecule has 4 N–H and O–H groups in total. The maximum Gasteiger partial charge on any atom is 0.312 e. The Kier molecular flexibility index (Phi) is 6.72. The van der Waals surface area contributed by atoms with Crippen LogP contribution in [0.2, 0.25) is 5.02 Å². The molecule has 1 aliphatic carbocycles. The van der Waals surface area contributed by atoms with Gasteiger partial charge in [-0.15, -0.1) is 0 Å². The molecule has 3 amide bonds. The van der Waals surface area contributed by atoms with Crippen LogP contribution in [0.25, 0.3) is 0 Å². The number of nitrogens with one attached hydrogen (secondary N) is 2. The smallest absolute Gasteiger partial charge is 0.312 e. The number of hydrogen-bond acceptors (Lipinski definition) is 4. The summed E-state index contributed by atoms with van der Waals surface area (Å²) in [5.74, 6) is -1.00. The van der Waals surface area contributed by atoms with Crippen molar-refractivity contribution in [2.24, 2.45) is 5.73 Å². The van der Waals surface area contributed by atoms with Gasteiger partial charge in [-0.05, 0) is 30.5 Å². The number of halogens is 1. The molecule has 2 atom stereocenters. The molecule has 2 aromatic rings. The normalized spacial score (nSPS) is 15.1. The molecule has 0 aliphatic heterocycles. The average Bonchev–Trinajstić information content (AvgIpc) is 3.50. The summed E-state index contributed by atoms with van der Waals surface area (Å²) in [5, 5.41) is 5.91. The van der Waals surface area contributed by atoms with Gasteiger partial charge in [0.2, 0.25) is 6.10 Å². The summed E-state index contributed by atoms with van der Waals surface area (Å²) in [6.45, 7) is 0. The van der Waals surface area contributed by atoms with Gasteiger partial charge >= 0.3 is 12.0 Å². The summed E-state index contributed by atoms with van der Waals surface area (Å²) in [5.41, 5.74) is 6.46. The molecular weight excluding hydrogens is 394 g/mol. The Hall–Kier alpha value is -3.06. The zero-order chi connectivity index (χ0) is 20.8. The molecule has 0 bridgehead atoms. The zero-order valence-corrected chi connectivity index (χ0v) is 16.4. The van der Waals surface area contributed by atoms with E-state index >= 15 is 0 Å². The van der Waals surface area contributed by atoms with Gasteiger partial charge in [0.25, 0.3) is 5.91 Å². The van der Waals surface area contributed by atoms with Gasteiger partial charge in [0.15, 0.2) is 0 Å². The molecule has 3 rings (SSSR count). The Balaban J connectivity index is 1.73. The van der Waals surface area contributed by atoms with Gasteiger partial charge in [0.05, 0.1) is 12.5 Å². The van der Waals surface area contributed by atoms with E-state index in [1.54, 1.807) is 48.5 Å². The summed E-state index contributed by atoms with van der Waals surface area (Å²) < 4.78 is 5.52. The first-order valence-corrected chi connectivity index (χ1v) is 9.66. The largest absolute Gasteiger partial charge is 0.447 e. The van der Waals surface area contributed by atoms with Crippen LogP contribution in [-0.4, -0.2) is 23.9 Å². The second-order valence-corrected chi connectivity index (χ2v) is 7.32. The minimum atomic E-state index is -1.07. The number of primary amides is 1. The Morgan fingerprint density at radius 2 is 1.69 bits per heavy atom. The molecule has 0 unspecified atom stereocenters. The summed E-state index contributed by atoms with van der Waals surface area (Å²) in [4.78, 5) is 36.6. The fourth-order valence-corrected chi connectivity index (χ4v) is 3.00. The van der Waals surface area contributed by atoms with E-state index < -0.39 is 24.1 Å². The van der Waals surface area contributed by atoms with Crippen LogP contribution in [0.4, 0.5) is 4.79 Å². The minimum absolute atomic E-state index is 0.130. The second kappa shape index (κ2) is 9.43. The van der Waals surface area contributed by atoms with Crippen LogP contribution < -0.4 is 16.4 Å². The van der Waals surface area contributed by atoms with Gasteiger partial charge < -0.3 is 21.1 Å². The number of amides is 3. The van der Waals surface area contributed by atoms with Gasteiger partial charge in [0, 0.05) is 16.6 Å². The molecular formula is C21H22ClN3O4. The Bertz CT molecular complexity index is 869. The fourth-order valence-electron chi connectivity index (χ4n) is 2.87. The highest BCUT2D eigenvalue weighted by molar-refractivity contribution is 6.30. The van der Waals surface area contributed by atoms with Gasteiger partial charge in [-0.1, -0.05) is 54.1 Å². The number of ether oxygens (including phenoxy) is 1. The van der Waals surface area contributed by atoms with E-state index in [1.165, 1.54) is 0 Å². The first-order chi connectivity index (χ1) is 13.9. The van der Waals surface area contributed by atoms with E-state index in [0.29, 0.717) is 16.1 Å². The number of nitrogens with two attached hydrogens (primary N) is 1. The van der Waals surface area contributed by atoms with E-state index in [4.69, 9.17) is 22.1 Å². The maximum absolute atomic E-state index is 12.6. The van der Waals surface area contributed by atoms with Crippen LogP contribution in [0.15, 0.2) is 54.6 Å². The van der Waals surface area contributed by atoms with Crippen LogP contribution in [0.1, 0.15) is 42.5 Å². The molecule has 0 heterocycles. The highest BCUT2D eigenvalue weighted by Crippen LogP contribution is 2.25. The molecule has 0 spiro atoms. The first-order valence-electron chi connectivity index (χ1n) is 9.28. The van der Waals surface area contributed by atoms with Crippen LogP contribution in [0.3, 0.4) is 0 Å². The fraction of sp³-hybridized carbons (Fsp3) is 0.286. The number of benzene rings is 2. The van der Waals surface area contributed by atoms with Crippen molar-refractivity contribution < 1.29 is 19.1 Å². The Morgan fingerprint density at radius 1 is 1.03 bits per heavy atom. The number of rotatable bonds is 8. The zero-order valence-electron chi connectivity index (χ0n) is 15.6. The third-order valence-electron chi connectivity index (χ3n) is 4.47. The molecule has 8 heteroatoms. The number of urea groups is 1. The van der Waals surface area contributed by atoms with Crippen molar-refractivity contribution in [3.8, 4) is 0 Å². The second-order valence-electron chi connectivity index (χ2n) is 6.88. The predicted octanol–water partition coefficient (Wildman–Crippen LogP) is 3.00. The predicted molar refractivity (Wildman–Crippen MR) is 108 cm³/mol. The topological polar surface area (TPSA) is 111 Å². The van der Waals surface area contributed by atoms with E-state index in [9.17, 15) is 14.4 Å². The van der Waals surface area contributed by atoms with Crippen molar-refractivity contribution in [1.82, 2.24) is 10.6 Å². The number of hydrogen-bond donors (Lipinski definition) is 3. The molecule has 2 aromatic carbocycles. The van der Waals surface area contributed by atoms with Crippen molar-refractivity contribution >= 4 is 29.5 Å². The first kappa shape index (κ1) is 20.7. The SMILES string of the molecule is NC(=O)N[C@@H](CC(=O)O[C@@H](C(=O)NC1CC1)c1ccccc1)c1ccc(Cl)cc1. The lowest BCUT2D eigenvalue weighted by Gasteiger charge is -2.21. The van der Waals surface area contributed by atoms with Crippen molar-refractivity contribution in [2.75, 3.05) is 0 Å². The third kappa shape index (κ3) is 6.22. The van der Waals surface area contributed by atoms with E-state index in [1.807, 2.05) is 6.07 Å². The Labute approximate surface area is 173 Å². The Morgan fingerprint density at radius 3 is 2.28 bits per heavy atom. The van der Waals surface area contributed by atoms with Gasteiger partial charge in [0.1, 0.15) is 0 Å². The van der Waals surface area contributed by atoms with Crippen molar-refractivity contribution in [3.63, 3.8) is 0 Å². The number of esters is 1. The lowest BCUT2D eigenvalue weighted by molar-refractivity contribution is -0.157. The van der Waals surface area contributed by atoms with Crippen LogP contribution >= 0.6 is 11.6 Å². The monoisotopic (exact) mass is 415 g/mol. The van der Waals surface area contributed by atoms with Crippen LogP contribution in [0, 0.1) is 0 Å². The highest BCUT2D eigenvalue weighted by atomic mass is 35.5. The average molecular weight is 416 g/mol. The van der Waals surface area contributed by atoms with E-state index in [2.05, 4.69) is 10.6 Å². The summed E-state index contributed by atoms with van der Waals surface area (Å²) >= 11 is 5.90. The lowest BCUT2D eigenvalue weighted by atomic mass is 10.0. The highest BCUT2D eigenvalue weighted by Gasteiger charge is 2.31. The summed E-state index contributed by atoms with van der Waals surface area (Å²) in [7, 11) is 0. The van der Waals surface area contributed by atoms with Gasteiger partial charge in [-0.25, -0.2) is 4.79 Å². The van der Waals surface area contributed by atoms with Crippen molar-refractivity contribution in [3.05, 3.63) is 70.7 Å². The van der Waals surface area contributed by atoms with Crippen LogP contribution in [0.5, 0.6) is 0 Å². The molecule has 152 valence electrons.